The average Bonchev–Trinajstić information content (AvgIpc) is 2.80. The molecule has 0 aliphatic carbocycles. The largest absolute Gasteiger partial charge is 0.483 e. The fourth-order valence-electron chi connectivity index (χ4n) is 2.25. The summed E-state index contributed by atoms with van der Waals surface area (Å²) < 4.78 is 21.1. The number of rotatable bonds is 22. The number of Topliss-reactive ketones (excluding diaryl/α,β-unsaturated/α-hetero) is 1. The standard InChI is InChI=1S/C22H43N3O7.CH2O2/c1-18(2)20(26)16-31-14-12-30-11-9-25-22(28)17-32-15-13-29-10-8-24-21(27)6-5-7-23-19(3)4;2-1-3/h18-19,23H,5-17H2,1-4H3,(H,24,27)(H,25,28);1H,(H,2,3). The van der Waals surface area contributed by atoms with Crippen molar-refractivity contribution < 1.29 is 43.2 Å². The maximum Gasteiger partial charge on any atom is 0.290 e. The Morgan fingerprint density at radius 2 is 1.23 bits per heavy atom. The molecule has 0 fully saturated rings. The monoisotopic (exact) mass is 507 g/mol. The summed E-state index contributed by atoms with van der Waals surface area (Å²) in [5.41, 5.74) is 0. The molecule has 0 heterocycles. The van der Waals surface area contributed by atoms with Gasteiger partial charge in [-0.2, -0.15) is 0 Å². The zero-order valence-corrected chi connectivity index (χ0v) is 21.6. The lowest BCUT2D eigenvalue weighted by atomic mass is 10.1. The van der Waals surface area contributed by atoms with Gasteiger partial charge in [-0.05, 0) is 13.0 Å². The first kappa shape index (κ1) is 35.0. The normalized spacial score (nSPS) is 10.6. The minimum atomic E-state index is -0.250. The molecule has 12 nitrogen and oxygen atoms in total. The lowest BCUT2D eigenvalue weighted by molar-refractivity contribution is -0.128. The smallest absolute Gasteiger partial charge is 0.290 e. The topological polar surface area (TPSA) is 162 Å². The van der Waals surface area contributed by atoms with Crippen molar-refractivity contribution in [2.24, 2.45) is 5.92 Å². The second-order valence-corrected chi connectivity index (χ2v) is 7.97. The molecule has 35 heavy (non-hydrogen) atoms. The number of carboxylic acid groups (broad SMARTS) is 1. The van der Waals surface area contributed by atoms with Crippen LogP contribution in [0, 0.1) is 5.92 Å². The molecular formula is C23H45N3O9. The van der Waals surface area contributed by atoms with Crippen molar-refractivity contribution in [3.05, 3.63) is 0 Å². The number of hydrogen-bond donors (Lipinski definition) is 4. The molecule has 0 aliphatic heterocycles. The van der Waals surface area contributed by atoms with E-state index in [2.05, 4.69) is 29.8 Å². The highest BCUT2D eigenvalue weighted by Crippen LogP contribution is 1.94. The summed E-state index contributed by atoms with van der Waals surface area (Å²) in [6.45, 7) is 11.4. The molecule has 0 spiro atoms. The number of amides is 2. The van der Waals surface area contributed by atoms with Gasteiger partial charge in [0.05, 0.1) is 39.6 Å². The van der Waals surface area contributed by atoms with E-state index in [1.165, 1.54) is 0 Å². The Morgan fingerprint density at radius 1 is 0.743 bits per heavy atom. The molecule has 0 aromatic carbocycles. The van der Waals surface area contributed by atoms with E-state index in [-0.39, 0.29) is 43.2 Å². The van der Waals surface area contributed by atoms with Crippen molar-refractivity contribution in [2.45, 2.75) is 46.6 Å². The molecule has 2 amide bonds. The van der Waals surface area contributed by atoms with Crippen LogP contribution in [0.1, 0.15) is 40.5 Å². The van der Waals surface area contributed by atoms with Crippen LogP contribution in [-0.4, -0.2) is 108 Å². The zero-order valence-electron chi connectivity index (χ0n) is 21.6. The lowest BCUT2D eigenvalue weighted by Crippen LogP contribution is -2.31. The van der Waals surface area contributed by atoms with Gasteiger partial charge in [0.25, 0.3) is 6.47 Å². The van der Waals surface area contributed by atoms with E-state index >= 15 is 0 Å². The number of ketones is 1. The predicted octanol–water partition coefficient (Wildman–Crippen LogP) is -0.0107. The molecule has 0 unspecified atom stereocenters. The van der Waals surface area contributed by atoms with Gasteiger partial charge in [-0.25, -0.2) is 0 Å². The van der Waals surface area contributed by atoms with Gasteiger partial charge in [0.1, 0.15) is 13.2 Å². The second kappa shape index (κ2) is 26.5. The first-order valence-corrected chi connectivity index (χ1v) is 11.9. The van der Waals surface area contributed by atoms with Crippen molar-refractivity contribution in [3.63, 3.8) is 0 Å². The molecule has 0 saturated heterocycles. The fraction of sp³-hybridized carbons (Fsp3) is 0.826. The number of carbonyl (C=O) groups excluding carboxylic acids is 3. The third-order valence-corrected chi connectivity index (χ3v) is 4.14. The Bertz CT molecular complexity index is 546. The Labute approximate surface area is 208 Å². The Balaban J connectivity index is 0. The highest BCUT2D eigenvalue weighted by atomic mass is 16.5. The summed E-state index contributed by atoms with van der Waals surface area (Å²) in [7, 11) is 0. The molecule has 0 aliphatic rings. The lowest BCUT2D eigenvalue weighted by Gasteiger charge is -2.09. The number of hydrogen-bond acceptors (Lipinski definition) is 9. The summed E-state index contributed by atoms with van der Waals surface area (Å²) in [6.07, 6.45) is 1.30. The first-order chi connectivity index (χ1) is 16.7. The molecule has 0 radical (unpaired) electrons. The van der Waals surface area contributed by atoms with Gasteiger partial charge in [0, 0.05) is 31.5 Å². The van der Waals surface area contributed by atoms with Crippen LogP contribution in [0.5, 0.6) is 0 Å². The van der Waals surface area contributed by atoms with Crippen LogP contribution in [0.25, 0.3) is 0 Å². The average molecular weight is 508 g/mol. The van der Waals surface area contributed by atoms with Crippen molar-refractivity contribution in [3.8, 4) is 0 Å². The predicted molar refractivity (Wildman–Crippen MR) is 130 cm³/mol. The van der Waals surface area contributed by atoms with Gasteiger partial charge in [-0.1, -0.05) is 27.7 Å². The van der Waals surface area contributed by atoms with Crippen molar-refractivity contribution in [1.29, 1.82) is 0 Å². The molecule has 12 heteroatoms. The third kappa shape index (κ3) is 29.8. The Hall–Kier alpha value is -2.12. The third-order valence-electron chi connectivity index (χ3n) is 4.14. The van der Waals surface area contributed by atoms with Crippen molar-refractivity contribution >= 4 is 24.1 Å². The van der Waals surface area contributed by atoms with Gasteiger partial charge < -0.3 is 40.0 Å². The van der Waals surface area contributed by atoms with Gasteiger partial charge in [0.2, 0.25) is 11.8 Å². The minimum absolute atomic E-state index is 0.0183. The molecule has 0 aromatic rings. The zero-order chi connectivity index (χ0) is 26.7. The van der Waals surface area contributed by atoms with Gasteiger partial charge >= 0.3 is 0 Å². The van der Waals surface area contributed by atoms with Crippen LogP contribution in [-0.2, 0) is 38.1 Å². The summed E-state index contributed by atoms with van der Waals surface area (Å²) in [5, 5.41) is 15.6. The fourth-order valence-corrected chi connectivity index (χ4v) is 2.25. The summed E-state index contributed by atoms with van der Waals surface area (Å²) >= 11 is 0. The van der Waals surface area contributed by atoms with E-state index in [1.807, 2.05) is 13.8 Å². The van der Waals surface area contributed by atoms with Gasteiger partial charge in [-0.15, -0.1) is 0 Å². The van der Waals surface area contributed by atoms with E-state index in [0.717, 1.165) is 13.0 Å². The van der Waals surface area contributed by atoms with Crippen LogP contribution < -0.4 is 16.0 Å². The highest BCUT2D eigenvalue weighted by molar-refractivity contribution is 5.81. The van der Waals surface area contributed by atoms with Crippen molar-refractivity contribution in [1.82, 2.24) is 16.0 Å². The number of ether oxygens (including phenoxy) is 4. The van der Waals surface area contributed by atoms with Crippen LogP contribution in [0.4, 0.5) is 0 Å². The summed E-state index contributed by atoms with van der Waals surface area (Å²) in [6, 6.07) is 0.429. The maximum atomic E-state index is 11.6. The molecule has 4 N–H and O–H groups in total. The first-order valence-electron chi connectivity index (χ1n) is 11.9. The van der Waals surface area contributed by atoms with Crippen LogP contribution >= 0.6 is 0 Å². The molecule has 0 rings (SSSR count). The second-order valence-electron chi connectivity index (χ2n) is 7.97. The molecule has 0 atom stereocenters. The molecule has 0 saturated carbocycles. The SMILES string of the molecule is CC(C)NCCCC(=O)NCCOCCOCC(=O)NCCOCCOCC(=O)C(C)C.O=CO. The van der Waals surface area contributed by atoms with Crippen LogP contribution in [0.3, 0.4) is 0 Å². The van der Waals surface area contributed by atoms with E-state index in [1.54, 1.807) is 0 Å². The van der Waals surface area contributed by atoms with Gasteiger partial charge in [0.15, 0.2) is 5.78 Å². The number of carbonyl (C=O) groups is 4. The van der Waals surface area contributed by atoms with Crippen LogP contribution in [0.2, 0.25) is 0 Å². The maximum absolute atomic E-state index is 11.6. The Kier molecular flexibility index (Phi) is 26.5. The quantitative estimate of drug-likeness (QED) is 0.116. The van der Waals surface area contributed by atoms with Crippen LogP contribution in [0.15, 0.2) is 0 Å². The molecule has 206 valence electrons. The minimum Gasteiger partial charge on any atom is -0.483 e. The Morgan fingerprint density at radius 3 is 1.74 bits per heavy atom. The van der Waals surface area contributed by atoms with E-state index < -0.39 is 0 Å². The summed E-state index contributed by atoms with van der Waals surface area (Å²) in [4.78, 5) is 43.0. The molecule has 0 aromatic heterocycles. The molecule has 0 bridgehead atoms. The molecular weight excluding hydrogens is 462 g/mol. The van der Waals surface area contributed by atoms with E-state index in [0.29, 0.717) is 65.2 Å². The number of nitrogens with one attached hydrogen (secondary N) is 3. The highest BCUT2D eigenvalue weighted by Gasteiger charge is 2.06. The van der Waals surface area contributed by atoms with Gasteiger partial charge in [-0.3, -0.25) is 19.2 Å². The van der Waals surface area contributed by atoms with Crippen molar-refractivity contribution in [2.75, 3.05) is 72.5 Å². The van der Waals surface area contributed by atoms with E-state index in [9.17, 15) is 14.4 Å². The van der Waals surface area contributed by atoms with E-state index in [4.69, 9.17) is 28.8 Å². The summed E-state index contributed by atoms with van der Waals surface area (Å²) in [5.74, 6) is -0.174.